The van der Waals surface area contributed by atoms with Gasteiger partial charge in [-0.2, -0.15) is 0 Å². The van der Waals surface area contributed by atoms with E-state index in [9.17, 15) is 19.8 Å². The number of aliphatic hydroxyl groups excluding tert-OH is 2. The van der Waals surface area contributed by atoms with Gasteiger partial charge in [0.25, 0.3) is 0 Å². The van der Waals surface area contributed by atoms with E-state index in [1.54, 1.807) is 6.08 Å². The summed E-state index contributed by atoms with van der Waals surface area (Å²) in [6.07, 6.45) is 69.2. The predicted octanol–water partition coefficient (Wildman–Crippen LogP) is 18.6. The van der Waals surface area contributed by atoms with Crippen molar-refractivity contribution in [3.05, 3.63) is 24.3 Å². The number of ether oxygens (including phenoxy) is 1. The second kappa shape index (κ2) is 56.9. The highest BCUT2D eigenvalue weighted by atomic mass is 16.5. The molecule has 1 amide bonds. The lowest BCUT2D eigenvalue weighted by atomic mass is 10.0. The van der Waals surface area contributed by atoms with Gasteiger partial charge in [0, 0.05) is 12.8 Å². The number of aliphatic hydroxyl groups is 2. The van der Waals surface area contributed by atoms with Crippen LogP contribution in [0.4, 0.5) is 0 Å². The monoisotopic (exact) mass is 944 g/mol. The molecule has 0 saturated heterocycles. The van der Waals surface area contributed by atoms with E-state index in [0.29, 0.717) is 19.4 Å². The van der Waals surface area contributed by atoms with Gasteiger partial charge in [0.15, 0.2) is 0 Å². The number of nitrogens with one attached hydrogen (secondary N) is 1. The first-order valence-electron chi connectivity index (χ1n) is 30.1. The minimum Gasteiger partial charge on any atom is -0.466 e. The van der Waals surface area contributed by atoms with Gasteiger partial charge in [-0.1, -0.05) is 282 Å². The summed E-state index contributed by atoms with van der Waals surface area (Å²) in [6, 6.07) is -0.639. The molecule has 0 radical (unpaired) electrons. The normalized spacial score (nSPS) is 12.7. The maximum atomic E-state index is 12.5. The van der Waals surface area contributed by atoms with Gasteiger partial charge in [-0.15, -0.1) is 0 Å². The van der Waals surface area contributed by atoms with Crippen LogP contribution in [0.15, 0.2) is 24.3 Å². The van der Waals surface area contributed by atoms with Crippen LogP contribution in [0.3, 0.4) is 0 Å². The Labute approximate surface area is 418 Å². The average Bonchev–Trinajstić information content (AvgIpc) is 3.33. The first kappa shape index (κ1) is 65.3. The summed E-state index contributed by atoms with van der Waals surface area (Å²) in [7, 11) is 0. The molecule has 67 heavy (non-hydrogen) atoms. The van der Waals surface area contributed by atoms with Crippen LogP contribution in [0, 0.1) is 0 Å². The van der Waals surface area contributed by atoms with E-state index >= 15 is 0 Å². The van der Waals surface area contributed by atoms with Gasteiger partial charge >= 0.3 is 5.97 Å². The Kier molecular flexibility index (Phi) is 55.5. The summed E-state index contributed by atoms with van der Waals surface area (Å²) >= 11 is 0. The van der Waals surface area contributed by atoms with Crippen molar-refractivity contribution in [1.29, 1.82) is 0 Å². The number of amides is 1. The maximum Gasteiger partial charge on any atom is 0.305 e. The molecule has 6 nitrogen and oxygen atoms in total. The number of allylic oxidation sites excluding steroid dienone is 3. The Morgan fingerprint density at radius 3 is 1.06 bits per heavy atom. The summed E-state index contributed by atoms with van der Waals surface area (Å²) in [5, 5.41) is 23.2. The number of hydrogen-bond donors (Lipinski definition) is 3. The van der Waals surface area contributed by atoms with Crippen molar-refractivity contribution in [2.24, 2.45) is 0 Å². The first-order valence-corrected chi connectivity index (χ1v) is 30.1. The molecule has 0 aromatic heterocycles. The van der Waals surface area contributed by atoms with Crippen LogP contribution in [0.1, 0.15) is 328 Å². The van der Waals surface area contributed by atoms with E-state index in [0.717, 1.165) is 70.6 Å². The first-order chi connectivity index (χ1) is 33.0. The van der Waals surface area contributed by atoms with Gasteiger partial charge in [-0.05, 0) is 57.8 Å². The van der Waals surface area contributed by atoms with Gasteiger partial charge < -0.3 is 20.3 Å². The van der Waals surface area contributed by atoms with E-state index in [2.05, 4.69) is 31.3 Å². The Balaban J connectivity index is 3.49. The highest BCUT2D eigenvalue weighted by Gasteiger charge is 2.18. The molecule has 0 spiro atoms. The zero-order chi connectivity index (χ0) is 48.6. The number of unbranched alkanes of at least 4 members (excludes halogenated alkanes) is 43. The average molecular weight is 945 g/mol. The Bertz CT molecular complexity index is 1040. The van der Waals surface area contributed by atoms with Gasteiger partial charge in [0.05, 0.1) is 25.4 Å². The Hall–Kier alpha value is -1.66. The second-order valence-corrected chi connectivity index (χ2v) is 20.7. The highest BCUT2D eigenvalue weighted by Crippen LogP contribution is 2.17. The van der Waals surface area contributed by atoms with E-state index in [-0.39, 0.29) is 18.5 Å². The molecular weight excluding hydrogens is 827 g/mol. The van der Waals surface area contributed by atoms with Crippen molar-refractivity contribution in [2.75, 3.05) is 13.2 Å². The number of hydrogen-bond acceptors (Lipinski definition) is 5. The highest BCUT2D eigenvalue weighted by molar-refractivity contribution is 5.76. The van der Waals surface area contributed by atoms with Crippen LogP contribution in [0.5, 0.6) is 0 Å². The van der Waals surface area contributed by atoms with Gasteiger partial charge in [-0.25, -0.2) is 0 Å². The molecule has 0 saturated carbocycles. The summed E-state index contributed by atoms with van der Waals surface area (Å²) in [5.41, 5.74) is 0. The van der Waals surface area contributed by atoms with Gasteiger partial charge in [-0.3, -0.25) is 9.59 Å². The predicted molar refractivity (Wildman–Crippen MR) is 292 cm³/mol. The Morgan fingerprint density at radius 1 is 0.403 bits per heavy atom. The molecule has 0 fully saturated rings. The lowest BCUT2D eigenvalue weighted by Crippen LogP contribution is -2.45. The molecule has 0 rings (SSSR count). The number of carbonyl (C=O) groups excluding carboxylic acids is 2. The van der Waals surface area contributed by atoms with Crippen LogP contribution in [0.25, 0.3) is 0 Å². The Morgan fingerprint density at radius 2 is 0.701 bits per heavy atom. The molecule has 0 aliphatic heterocycles. The van der Waals surface area contributed by atoms with Crippen molar-refractivity contribution in [2.45, 2.75) is 341 Å². The number of carbonyl (C=O) groups is 2. The lowest BCUT2D eigenvalue weighted by Gasteiger charge is -2.20. The van der Waals surface area contributed by atoms with Crippen molar-refractivity contribution >= 4 is 11.9 Å². The molecule has 0 aliphatic carbocycles. The van der Waals surface area contributed by atoms with Gasteiger partial charge in [0.1, 0.15) is 0 Å². The van der Waals surface area contributed by atoms with E-state index in [1.807, 2.05) is 6.08 Å². The van der Waals surface area contributed by atoms with Crippen molar-refractivity contribution in [3.8, 4) is 0 Å². The van der Waals surface area contributed by atoms with Crippen LogP contribution in [-0.4, -0.2) is 47.4 Å². The standard InChI is InChI=1S/C61H117NO5/c1-3-5-7-9-11-13-15-17-19-20-21-22-23-26-29-33-37-41-45-49-53-59(64)58(57-63)62-60(65)54-50-46-42-38-34-30-27-24-28-32-36-40-44-48-52-56-67-61(66)55-51-47-43-39-35-31-25-18-16-14-12-10-8-6-4-2/h28,32,49,53,58-59,63-64H,3-27,29-31,33-48,50-52,54-57H2,1-2H3,(H,62,65)/b32-28-,53-49+. The summed E-state index contributed by atoms with van der Waals surface area (Å²) < 4.78 is 5.47. The summed E-state index contributed by atoms with van der Waals surface area (Å²) in [5.74, 6) is -0.0882. The molecule has 0 aliphatic rings. The molecule has 2 unspecified atom stereocenters. The largest absolute Gasteiger partial charge is 0.466 e. The quantitative estimate of drug-likeness (QED) is 0.0321. The second-order valence-electron chi connectivity index (χ2n) is 20.7. The minimum atomic E-state index is -0.855. The van der Waals surface area contributed by atoms with E-state index in [4.69, 9.17) is 4.74 Å². The molecule has 0 bridgehead atoms. The van der Waals surface area contributed by atoms with Crippen molar-refractivity contribution in [3.63, 3.8) is 0 Å². The molecule has 0 heterocycles. The van der Waals surface area contributed by atoms with Crippen LogP contribution in [0.2, 0.25) is 0 Å². The van der Waals surface area contributed by atoms with Crippen molar-refractivity contribution in [1.82, 2.24) is 5.32 Å². The third kappa shape index (κ3) is 53.5. The third-order valence-corrected chi connectivity index (χ3v) is 14.0. The molecule has 6 heteroatoms. The summed E-state index contributed by atoms with van der Waals surface area (Å²) in [4.78, 5) is 24.5. The van der Waals surface area contributed by atoms with Gasteiger partial charge in [0.2, 0.25) is 5.91 Å². The SMILES string of the molecule is CCCCCCCCCCCCCCCCCCCC/C=C/C(O)C(CO)NC(=O)CCCCCCCCC/C=C\CCCCCCOC(=O)CCCCCCCCCCCCCCCCC. The number of esters is 1. The molecule has 396 valence electrons. The van der Waals surface area contributed by atoms with E-state index in [1.165, 1.54) is 231 Å². The molecule has 0 aromatic rings. The summed E-state index contributed by atoms with van der Waals surface area (Å²) in [6.45, 7) is 4.89. The number of rotatable bonds is 56. The topological polar surface area (TPSA) is 95.9 Å². The lowest BCUT2D eigenvalue weighted by molar-refractivity contribution is -0.143. The van der Waals surface area contributed by atoms with Crippen LogP contribution in [-0.2, 0) is 14.3 Å². The molecular formula is C61H117NO5. The van der Waals surface area contributed by atoms with Crippen LogP contribution >= 0.6 is 0 Å². The molecule has 3 N–H and O–H groups in total. The fraction of sp³-hybridized carbons (Fsp3) is 0.902. The zero-order valence-electron chi connectivity index (χ0n) is 45.1. The smallest absolute Gasteiger partial charge is 0.305 e. The fourth-order valence-electron chi connectivity index (χ4n) is 9.34. The molecule has 0 aromatic carbocycles. The van der Waals surface area contributed by atoms with E-state index < -0.39 is 12.1 Å². The molecule has 2 atom stereocenters. The van der Waals surface area contributed by atoms with Crippen LogP contribution < -0.4 is 5.32 Å². The zero-order valence-corrected chi connectivity index (χ0v) is 45.1. The fourth-order valence-corrected chi connectivity index (χ4v) is 9.34. The third-order valence-electron chi connectivity index (χ3n) is 14.0. The maximum absolute atomic E-state index is 12.5. The minimum absolute atomic E-state index is 0.00784. The van der Waals surface area contributed by atoms with Crippen molar-refractivity contribution < 1.29 is 24.5 Å².